The lowest BCUT2D eigenvalue weighted by molar-refractivity contribution is 0.0967. The van der Waals surface area contributed by atoms with E-state index < -0.39 is 33.4 Å². The van der Waals surface area contributed by atoms with Gasteiger partial charge in [-0.1, -0.05) is 0 Å². The molecule has 1 saturated heterocycles. The molecule has 2 aliphatic rings. The molecule has 0 amide bonds. The molecule has 9 nitrogen and oxygen atoms in total. The Kier molecular flexibility index (Phi) is 4.81. The number of carbonyl (C=O) groups excluding carboxylic acids is 1. The van der Waals surface area contributed by atoms with Crippen LogP contribution in [0.5, 0.6) is 0 Å². The number of aryl methyl sites for hydroxylation is 1. The fourth-order valence-corrected chi connectivity index (χ4v) is 5.98. The van der Waals surface area contributed by atoms with Crippen LogP contribution in [0.3, 0.4) is 0 Å². The molecule has 3 heterocycles. The Morgan fingerprint density at radius 3 is 2.47 bits per heavy atom. The Bertz CT molecular complexity index is 1320. The lowest BCUT2D eigenvalue weighted by Crippen LogP contribution is -2.42. The van der Waals surface area contributed by atoms with Crippen LogP contribution >= 0.6 is 0 Å². The second-order valence-electron chi connectivity index (χ2n) is 8.10. The summed E-state index contributed by atoms with van der Waals surface area (Å²) in [5.41, 5.74) is 0.187. The van der Waals surface area contributed by atoms with Gasteiger partial charge < -0.3 is 4.57 Å². The number of rotatable bonds is 5. The average Bonchev–Trinajstić information content (AvgIpc) is 3.40. The first-order valence-electron chi connectivity index (χ1n) is 9.81. The molecule has 0 spiro atoms. The van der Waals surface area contributed by atoms with Crippen LogP contribution in [0.25, 0.3) is 0 Å². The molecule has 1 aliphatic carbocycles. The molecule has 0 aromatic carbocycles. The summed E-state index contributed by atoms with van der Waals surface area (Å²) >= 11 is 0. The fraction of sp³-hybridized carbons (Fsp3) is 0.500. The number of carbonyl (C=O) groups is 1. The highest BCUT2D eigenvalue weighted by molar-refractivity contribution is 7.91. The van der Waals surface area contributed by atoms with Crippen LogP contribution in [0.1, 0.15) is 58.7 Å². The molecule has 2 aromatic heterocycles. The van der Waals surface area contributed by atoms with E-state index in [9.17, 15) is 28.1 Å². The summed E-state index contributed by atoms with van der Waals surface area (Å²) in [6, 6.07) is 3.20. The van der Waals surface area contributed by atoms with Crippen molar-refractivity contribution in [1.82, 2.24) is 13.7 Å². The molecule has 4 rings (SSSR count). The van der Waals surface area contributed by atoms with Crippen LogP contribution in [0, 0.1) is 25.2 Å². The summed E-state index contributed by atoms with van der Waals surface area (Å²) in [7, 11) is -3.09. The molecule has 2 aromatic rings. The highest BCUT2D eigenvalue weighted by Gasteiger charge is 2.32. The van der Waals surface area contributed by atoms with Gasteiger partial charge in [-0.25, -0.2) is 13.2 Å². The van der Waals surface area contributed by atoms with E-state index in [4.69, 9.17) is 0 Å². The molecule has 30 heavy (non-hydrogen) atoms. The zero-order valence-corrected chi connectivity index (χ0v) is 17.6. The average molecular weight is 430 g/mol. The first-order chi connectivity index (χ1) is 14.1. The van der Waals surface area contributed by atoms with E-state index in [1.807, 2.05) is 4.57 Å². The summed E-state index contributed by atoms with van der Waals surface area (Å²) in [6.45, 7) is 3.08. The second-order valence-corrected chi connectivity index (χ2v) is 10.3. The van der Waals surface area contributed by atoms with Crippen molar-refractivity contribution in [2.75, 3.05) is 11.5 Å². The van der Waals surface area contributed by atoms with Crippen molar-refractivity contribution < 1.29 is 13.2 Å². The molecule has 1 unspecified atom stereocenters. The molecule has 1 saturated carbocycles. The van der Waals surface area contributed by atoms with Crippen LogP contribution < -0.4 is 11.2 Å². The third kappa shape index (κ3) is 3.43. The lowest BCUT2D eigenvalue weighted by Gasteiger charge is -2.16. The number of aromatic nitrogens is 3. The van der Waals surface area contributed by atoms with E-state index >= 15 is 0 Å². The maximum Gasteiger partial charge on any atom is 0.331 e. The Morgan fingerprint density at radius 2 is 1.90 bits per heavy atom. The largest absolute Gasteiger partial charge is 0.344 e. The minimum Gasteiger partial charge on any atom is -0.344 e. The van der Waals surface area contributed by atoms with Crippen molar-refractivity contribution in [3.05, 3.63) is 55.6 Å². The number of nitrogens with zero attached hydrogens (tertiary/aromatic N) is 4. The monoisotopic (exact) mass is 430 g/mol. The van der Waals surface area contributed by atoms with Crippen molar-refractivity contribution in [1.29, 1.82) is 5.26 Å². The predicted octanol–water partition coefficient (Wildman–Crippen LogP) is 0.877. The van der Waals surface area contributed by atoms with Crippen LogP contribution in [0.15, 0.2) is 21.9 Å². The SMILES string of the molecule is Cc1cc(C(=O)Cn2c(=O)c(C#N)cn(C3CC3)c2=O)c(C)n1C1CCS(=O)(=O)C1. The molecule has 1 aliphatic heterocycles. The zero-order valence-electron chi connectivity index (χ0n) is 16.8. The number of Topliss-reactive ketones (excluding diaryl/α,β-unsaturated/α-hetero) is 1. The molecule has 10 heteroatoms. The van der Waals surface area contributed by atoms with Crippen LogP contribution in [0.4, 0.5) is 0 Å². The van der Waals surface area contributed by atoms with Gasteiger partial charge in [0.2, 0.25) is 0 Å². The normalized spacial score (nSPS) is 20.2. The quantitative estimate of drug-likeness (QED) is 0.649. The number of hydrogen-bond donors (Lipinski definition) is 0. The standard InChI is InChI=1S/C20H22N4O5S/c1-12-7-17(13(2)24(12)16-5-6-30(28,29)11-16)18(25)10-23-19(26)14(8-21)9-22(20(23)27)15-3-4-15/h7,9,15-16H,3-6,10-11H2,1-2H3. The molecular weight excluding hydrogens is 408 g/mol. The van der Waals surface area contributed by atoms with Gasteiger partial charge >= 0.3 is 5.69 Å². The summed E-state index contributed by atoms with van der Waals surface area (Å²) < 4.78 is 27.8. The molecule has 0 N–H and O–H groups in total. The van der Waals surface area contributed by atoms with Gasteiger partial charge in [-0.05, 0) is 39.2 Å². The van der Waals surface area contributed by atoms with Gasteiger partial charge in [-0.3, -0.25) is 18.7 Å². The van der Waals surface area contributed by atoms with E-state index in [0.717, 1.165) is 23.1 Å². The number of hydrogen-bond acceptors (Lipinski definition) is 6. The first kappa shape index (κ1) is 20.3. The molecule has 1 atom stereocenters. The zero-order chi connectivity index (χ0) is 21.8. The first-order valence-corrected chi connectivity index (χ1v) is 11.6. The van der Waals surface area contributed by atoms with Gasteiger partial charge in [0.1, 0.15) is 11.6 Å². The van der Waals surface area contributed by atoms with Crippen molar-refractivity contribution in [2.24, 2.45) is 0 Å². The van der Waals surface area contributed by atoms with Gasteiger partial charge in [0, 0.05) is 35.2 Å². The summed E-state index contributed by atoms with van der Waals surface area (Å²) in [4.78, 5) is 38.3. The van der Waals surface area contributed by atoms with E-state index in [-0.39, 0.29) is 29.2 Å². The Hall–Kier alpha value is -2.93. The van der Waals surface area contributed by atoms with Crippen molar-refractivity contribution in [3.63, 3.8) is 0 Å². The van der Waals surface area contributed by atoms with E-state index in [0.29, 0.717) is 17.7 Å². The third-order valence-corrected chi connectivity index (χ3v) is 7.67. The summed E-state index contributed by atoms with van der Waals surface area (Å²) in [5, 5.41) is 9.24. The molecular formula is C20H22N4O5S. The second kappa shape index (κ2) is 7.09. The number of sulfone groups is 1. The van der Waals surface area contributed by atoms with Crippen LogP contribution in [-0.4, -0.2) is 39.4 Å². The van der Waals surface area contributed by atoms with Gasteiger partial charge in [0.05, 0.1) is 18.1 Å². The van der Waals surface area contributed by atoms with Gasteiger partial charge in [0.25, 0.3) is 5.56 Å². The minimum atomic E-state index is -3.09. The molecule has 158 valence electrons. The highest BCUT2D eigenvalue weighted by atomic mass is 32.2. The Balaban J connectivity index is 1.70. The highest BCUT2D eigenvalue weighted by Crippen LogP contribution is 2.33. The van der Waals surface area contributed by atoms with E-state index in [2.05, 4.69) is 0 Å². The van der Waals surface area contributed by atoms with Gasteiger partial charge in [-0.2, -0.15) is 5.26 Å². The Labute approximate surface area is 173 Å². The number of nitriles is 1. The molecule has 0 bridgehead atoms. The number of ketones is 1. The Morgan fingerprint density at radius 1 is 1.20 bits per heavy atom. The van der Waals surface area contributed by atoms with E-state index in [1.165, 1.54) is 10.8 Å². The maximum atomic E-state index is 13.0. The molecule has 0 radical (unpaired) electrons. The van der Waals surface area contributed by atoms with Crippen molar-refractivity contribution in [3.8, 4) is 6.07 Å². The summed E-state index contributed by atoms with van der Waals surface area (Å²) in [5.74, 6) is -0.270. The van der Waals surface area contributed by atoms with Crippen molar-refractivity contribution >= 4 is 15.6 Å². The predicted molar refractivity (Wildman–Crippen MR) is 108 cm³/mol. The van der Waals surface area contributed by atoms with Crippen LogP contribution in [0.2, 0.25) is 0 Å². The maximum absolute atomic E-state index is 13.0. The third-order valence-electron chi connectivity index (χ3n) is 5.92. The van der Waals surface area contributed by atoms with E-state index in [1.54, 1.807) is 26.0 Å². The smallest absolute Gasteiger partial charge is 0.331 e. The summed E-state index contributed by atoms with van der Waals surface area (Å²) in [6.07, 6.45) is 3.35. The van der Waals surface area contributed by atoms with Gasteiger partial charge in [-0.15, -0.1) is 0 Å². The van der Waals surface area contributed by atoms with Crippen LogP contribution in [-0.2, 0) is 16.4 Å². The molecule has 2 fully saturated rings. The topological polar surface area (TPSA) is 124 Å². The fourth-order valence-electron chi connectivity index (χ4n) is 4.28. The minimum absolute atomic E-state index is 0.0345. The van der Waals surface area contributed by atoms with Gasteiger partial charge in [0.15, 0.2) is 15.6 Å². The van der Waals surface area contributed by atoms with Crippen molar-refractivity contribution in [2.45, 2.75) is 51.7 Å². The lowest BCUT2D eigenvalue weighted by atomic mass is 10.1.